The fourth-order valence-corrected chi connectivity index (χ4v) is 4.75. The lowest BCUT2D eigenvalue weighted by Gasteiger charge is -2.38. The number of hydrogen-bond acceptors (Lipinski definition) is 4. The predicted octanol–water partition coefficient (Wildman–Crippen LogP) is 4.68. The van der Waals surface area contributed by atoms with Gasteiger partial charge in [0.25, 0.3) is 0 Å². The third-order valence-electron chi connectivity index (χ3n) is 5.84. The SMILES string of the molecule is CC[C@@H](C)N(CC(=O)N1CCc2sccc2[C@@H]1COc1ccc(F)cc1)C(=O)C(C)C. The Labute approximate surface area is 187 Å². The van der Waals surface area contributed by atoms with Crippen LogP contribution in [-0.2, 0) is 16.0 Å². The third-order valence-corrected chi connectivity index (χ3v) is 6.84. The quantitative estimate of drug-likeness (QED) is 0.592. The number of carbonyl (C=O) groups excluding carboxylic acids is 2. The Balaban J connectivity index is 1.79. The molecule has 5 nitrogen and oxygen atoms in total. The maximum atomic E-state index is 13.4. The summed E-state index contributed by atoms with van der Waals surface area (Å²) in [4.78, 5) is 30.9. The Bertz CT molecular complexity index is 896. The molecule has 0 unspecified atom stereocenters. The molecule has 2 heterocycles. The summed E-state index contributed by atoms with van der Waals surface area (Å²) < 4.78 is 19.1. The van der Waals surface area contributed by atoms with Crippen LogP contribution in [0.2, 0.25) is 0 Å². The van der Waals surface area contributed by atoms with Crippen molar-refractivity contribution in [1.82, 2.24) is 9.80 Å². The highest BCUT2D eigenvalue weighted by Crippen LogP contribution is 2.34. The maximum absolute atomic E-state index is 13.4. The molecule has 1 aromatic heterocycles. The Morgan fingerprint density at radius 3 is 2.58 bits per heavy atom. The van der Waals surface area contributed by atoms with Crippen LogP contribution in [0.1, 0.15) is 50.6 Å². The minimum atomic E-state index is -0.318. The van der Waals surface area contributed by atoms with Gasteiger partial charge in [0.05, 0.1) is 6.04 Å². The van der Waals surface area contributed by atoms with E-state index in [0.717, 1.165) is 18.4 Å². The van der Waals surface area contributed by atoms with Crippen molar-refractivity contribution in [2.24, 2.45) is 5.92 Å². The highest BCUT2D eigenvalue weighted by Gasteiger charge is 2.34. The molecule has 0 saturated carbocycles. The average molecular weight is 447 g/mol. The molecule has 2 amide bonds. The normalized spacial score (nSPS) is 16.7. The number of halogens is 1. The summed E-state index contributed by atoms with van der Waals surface area (Å²) >= 11 is 1.69. The van der Waals surface area contributed by atoms with Crippen molar-refractivity contribution < 1.29 is 18.7 Å². The van der Waals surface area contributed by atoms with Gasteiger partial charge in [-0.1, -0.05) is 20.8 Å². The fraction of sp³-hybridized carbons (Fsp3) is 0.500. The molecule has 1 aromatic carbocycles. The molecule has 0 N–H and O–H groups in total. The van der Waals surface area contributed by atoms with Crippen LogP contribution in [0.5, 0.6) is 5.75 Å². The number of carbonyl (C=O) groups is 2. The molecule has 0 aliphatic carbocycles. The lowest BCUT2D eigenvalue weighted by atomic mass is 10.00. The topological polar surface area (TPSA) is 49.9 Å². The predicted molar refractivity (Wildman–Crippen MR) is 121 cm³/mol. The van der Waals surface area contributed by atoms with E-state index in [0.29, 0.717) is 12.3 Å². The summed E-state index contributed by atoms with van der Waals surface area (Å²) in [5.41, 5.74) is 1.09. The van der Waals surface area contributed by atoms with Crippen LogP contribution >= 0.6 is 11.3 Å². The summed E-state index contributed by atoms with van der Waals surface area (Å²) in [5.74, 6) is 0.00686. The maximum Gasteiger partial charge on any atom is 0.242 e. The summed E-state index contributed by atoms with van der Waals surface area (Å²) in [6.45, 7) is 8.67. The minimum absolute atomic E-state index is 0.00459. The van der Waals surface area contributed by atoms with Crippen LogP contribution in [0, 0.1) is 11.7 Å². The molecule has 0 bridgehead atoms. The van der Waals surface area contributed by atoms with E-state index in [1.807, 2.05) is 44.0 Å². The molecule has 0 radical (unpaired) electrons. The zero-order valence-corrected chi connectivity index (χ0v) is 19.5. The van der Waals surface area contributed by atoms with Gasteiger partial charge in [0.15, 0.2) is 0 Å². The van der Waals surface area contributed by atoms with Gasteiger partial charge in [-0.25, -0.2) is 4.39 Å². The zero-order chi connectivity index (χ0) is 22.5. The second kappa shape index (κ2) is 10.3. The number of hydrogen-bond donors (Lipinski definition) is 0. The van der Waals surface area contributed by atoms with Crippen molar-refractivity contribution in [1.29, 1.82) is 0 Å². The molecule has 1 aliphatic rings. The summed E-state index contributed by atoms with van der Waals surface area (Å²) in [5, 5.41) is 2.04. The molecule has 168 valence electrons. The average Bonchev–Trinajstić information content (AvgIpc) is 3.24. The lowest BCUT2D eigenvalue weighted by molar-refractivity contribution is -0.146. The summed E-state index contributed by atoms with van der Waals surface area (Å²) in [6, 6.07) is 7.70. The number of thiophene rings is 1. The van der Waals surface area contributed by atoms with Crippen molar-refractivity contribution in [2.75, 3.05) is 19.7 Å². The second-order valence-electron chi connectivity index (χ2n) is 8.30. The Hall–Kier alpha value is -2.41. The second-order valence-corrected chi connectivity index (χ2v) is 9.30. The first-order valence-electron chi connectivity index (χ1n) is 10.9. The van der Waals surface area contributed by atoms with E-state index in [2.05, 4.69) is 0 Å². The summed E-state index contributed by atoms with van der Waals surface area (Å²) in [7, 11) is 0. The van der Waals surface area contributed by atoms with Crippen LogP contribution in [0.25, 0.3) is 0 Å². The molecular weight excluding hydrogens is 415 g/mol. The van der Waals surface area contributed by atoms with Gasteiger partial charge in [0.1, 0.15) is 24.7 Å². The standard InChI is InChI=1S/C24H31FN2O3S/c1-5-17(4)27(24(29)16(2)3)14-23(28)26-12-10-22-20(11-13-31-22)21(26)15-30-19-8-6-18(25)7-9-19/h6-9,11,13,16-17,21H,5,10,12,14-15H2,1-4H3/t17-,21+/m1/s1. The van der Waals surface area contributed by atoms with Gasteiger partial charge in [0, 0.05) is 23.4 Å². The van der Waals surface area contributed by atoms with E-state index in [9.17, 15) is 14.0 Å². The van der Waals surface area contributed by atoms with Crippen molar-refractivity contribution in [3.63, 3.8) is 0 Å². The van der Waals surface area contributed by atoms with E-state index in [1.54, 1.807) is 28.4 Å². The van der Waals surface area contributed by atoms with Crippen LogP contribution < -0.4 is 4.74 Å². The lowest BCUT2D eigenvalue weighted by Crippen LogP contribution is -2.50. The molecule has 0 spiro atoms. The van der Waals surface area contributed by atoms with Crippen LogP contribution in [-0.4, -0.2) is 47.4 Å². The van der Waals surface area contributed by atoms with Crippen molar-refractivity contribution >= 4 is 23.2 Å². The smallest absolute Gasteiger partial charge is 0.242 e. The number of rotatable bonds is 8. The third kappa shape index (κ3) is 5.45. The first-order chi connectivity index (χ1) is 14.8. The molecule has 1 aliphatic heterocycles. The molecule has 0 saturated heterocycles. The Morgan fingerprint density at radius 2 is 1.94 bits per heavy atom. The largest absolute Gasteiger partial charge is 0.491 e. The van der Waals surface area contributed by atoms with Gasteiger partial charge in [0.2, 0.25) is 11.8 Å². The Kier molecular flexibility index (Phi) is 7.70. The highest BCUT2D eigenvalue weighted by atomic mass is 32.1. The van der Waals surface area contributed by atoms with Crippen molar-refractivity contribution in [3.05, 3.63) is 52.0 Å². The molecular formula is C24H31FN2O3S. The first-order valence-corrected chi connectivity index (χ1v) is 11.7. The van der Waals surface area contributed by atoms with Crippen LogP contribution in [0.3, 0.4) is 0 Å². The van der Waals surface area contributed by atoms with Crippen molar-refractivity contribution in [2.45, 2.75) is 52.6 Å². The van der Waals surface area contributed by atoms with E-state index >= 15 is 0 Å². The first kappa shape index (κ1) is 23.3. The summed E-state index contributed by atoms with van der Waals surface area (Å²) in [6.07, 6.45) is 1.59. The molecule has 31 heavy (non-hydrogen) atoms. The van der Waals surface area contributed by atoms with Gasteiger partial charge in [-0.05, 0) is 61.0 Å². The molecule has 7 heteroatoms. The van der Waals surface area contributed by atoms with Crippen LogP contribution in [0.15, 0.2) is 35.7 Å². The fourth-order valence-electron chi connectivity index (χ4n) is 3.82. The minimum Gasteiger partial charge on any atom is -0.491 e. The number of benzene rings is 1. The van der Waals surface area contributed by atoms with Gasteiger partial charge < -0.3 is 14.5 Å². The van der Waals surface area contributed by atoms with Gasteiger partial charge >= 0.3 is 0 Å². The molecule has 3 rings (SSSR count). The van der Waals surface area contributed by atoms with Crippen LogP contribution in [0.4, 0.5) is 4.39 Å². The van der Waals surface area contributed by atoms with Gasteiger partial charge in [-0.2, -0.15) is 0 Å². The van der Waals surface area contributed by atoms with E-state index in [1.165, 1.54) is 17.0 Å². The van der Waals surface area contributed by atoms with Gasteiger partial charge in [-0.3, -0.25) is 9.59 Å². The monoisotopic (exact) mass is 446 g/mol. The van der Waals surface area contributed by atoms with E-state index in [4.69, 9.17) is 4.74 Å². The Morgan fingerprint density at radius 1 is 1.23 bits per heavy atom. The number of ether oxygens (including phenoxy) is 1. The molecule has 0 fully saturated rings. The number of amides is 2. The van der Waals surface area contributed by atoms with E-state index in [-0.39, 0.29) is 48.8 Å². The zero-order valence-electron chi connectivity index (χ0n) is 18.6. The number of nitrogens with zero attached hydrogens (tertiary/aromatic N) is 2. The van der Waals surface area contributed by atoms with Crippen molar-refractivity contribution in [3.8, 4) is 5.75 Å². The van der Waals surface area contributed by atoms with E-state index < -0.39 is 0 Å². The van der Waals surface area contributed by atoms with Gasteiger partial charge in [-0.15, -0.1) is 11.3 Å². The number of fused-ring (bicyclic) bond motifs is 1. The highest BCUT2D eigenvalue weighted by molar-refractivity contribution is 7.10. The molecule has 2 atom stereocenters. The molecule has 2 aromatic rings.